The fourth-order valence-corrected chi connectivity index (χ4v) is 2.92. The van der Waals surface area contributed by atoms with Crippen molar-refractivity contribution in [2.45, 2.75) is 24.2 Å². The Labute approximate surface area is 124 Å². The first-order valence-corrected chi connectivity index (χ1v) is 7.39. The van der Waals surface area contributed by atoms with E-state index in [9.17, 15) is 4.79 Å². The van der Waals surface area contributed by atoms with E-state index in [-0.39, 0.29) is 5.91 Å². The van der Waals surface area contributed by atoms with Crippen LogP contribution < -0.4 is 4.90 Å². The lowest BCUT2D eigenvalue weighted by molar-refractivity contribution is 0.0986. The maximum absolute atomic E-state index is 12.8. The number of amides is 1. The van der Waals surface area contributed by atoms with Crippen molar-refractivity contribution in [1.82, 2.24) is 0 Å². The van der Waals surface area contributed by atoms with Crippen molar-refractivity contribution in [2.75, 3.05) is 11.4 Å². The molecule has 0 fully saturated rings. The predicted octanol–water partition coefficient (Wildman–Crippen LogP) is 3.96. The van der Waals surface area contributed by atoms with Gasteiger partial charge >= 0.3 is 0 Å². The van der Waals surface area contributed by atoms with Gasteiger partial charge in [0.1, 0.15) is 0 Å². The van der Waals surface area contributed by atoms with Gasteiger partial charge in [-0.15, -0.1) is 12.6 Å². The van der Waals surface area contributed by atoms with Gasteiger partial charge in [0.25, 0.3) is 5.91 Å². The monoisotopic (exact) mass is 283 g/mol. The van der Waals surface area contributed by atoms with Gasteiger partial charge in [-0.05, 0) is 49.1 Å². The zero-order valence-corrected chi connectivity index (χ0v) is 12.1. The number of carbonyl (C=O) groups is 1. The minimum Gasteiger partial charge on any atom is -0.308 e. The van der Waals surface area contributed by atoms with E-state index >= 15 is 0 Å². The summed E-state index contributed by atoms with van der Waals surface area (Å²) in [7, 11) is 0. The van der Waals surface area contributed by atoms with Gasteiger partial charge in [0.15, 0.2) is 0 Å². The Kier molecular flexibility index (Phi) is 3.79. The summed E-state index contributed by atoms with van der Waals surface area (Å²) in [6, 6.07) is 15.7. The molecule has 3 rings (SSSR count). The number of hydrogen-bond acceptors (Lipinski definition) is 2. The van der Waals surface area contributed by atoms with Crippen LogP contribution in [0.4, 0.5) is 5.69 Å². The van der Waals surface area contributed by atoms with Gasteiger partial charge in [0.05, 0.1) is 0 Å². The lowest BCUT2D eigenvalue weighted by Gasteiger charge is -2.23. The molecule has 0 saturated carbocycles. The quantitative estimate of drug-likeness (QED) is 0.786. The topological polar surface area (TPSA) is 20.3 Å². The van der Waals surface area contributed by atoms with Crippen molar-refractivity contribution in [2.24, 2.45) is 0 Å². The number of hydrogen-bond donors (Lipinski definition) is 1. The number of carbonyl (C=O) groups excluding carboxylic acids is 1. The number of anilines is 1. The fourth-order valence-electron chi connectivity index (χ4n) is 2.70. The van der Waals surface area contributed by atoms with E-state index in [1.165, 1.54) is 5.56 Å². The maximum atomic E-state index is 12.8. The van der Waals surface area contributed by atoms with E-state index < -0.39 is 0 Å². The highest BCUT2D eigenvalue weighted by Gasteiger charge is 2.21. The fraction of sp³-hybridized carbons (Fsp3) is 0.235. The van der Waals surface area contributed by atoms with Gasteiger partial charge in [-0.1, -0.05) is 24.3 Å². The van der Waals surface area contributed by atoms with Crippen LogP contribution >= 0.6 is 12.6 Å². The molecule has 1 amide bonds. The van der Waals surface area contributed by atoms with E-state index in [4.69, 9.17) is 0 Å². The third-order valence-corrected chi connectivity index (χ3v) is 3.98. The second-order valence-corrected chi connectivity index (χ2v) is 5.61. The average molecular weight is 283 g/mol. The molecule has 0 atom stereocenters. The van der Waals surface area contributed by atoms with Crippen LogP contribution in [0.2, 0.25) is 0 Å². The SMILES string of the molecule is O=C(c1cccc(S)c1)N1CCCCc2ccccc21. The number of benzene rings is 2. The summed E-state index contributed by atoms with van der Waals surface area (Å²) in [5.74, 6) is 0.0650. The summed E-state index contributed by atoms with van der Waals surface area (Å²) in [5.41, 5.74) is 3.02. The number of para-hydroxylation sites is 1. The van der Waals surface area contributed by atoms with Gasteiger partial charge in [-0.2, -0.15) is 0 Å². The van der Waals surface area contributed by atoms with Crippen LogP contribution in [0.3, 0.4) is 0 Å². The number of rotatable bonds is 1. The van der Waals surface area contributed by atoms with Crippen molar-refractivity contribution in [1.29, 1.82) is 0 Å². The molecule has 1 aliphatic heterocycles. The zero-order chi connectivity index (χ0) is 13.9. The molecule has 0 radical (unpaired) electrons. The predicted molar refractivity (Wildman–Crippen MR) is 84.8 cm³/mol. The summed E-state index contributed by atoms with van der Waals surface area (Å²) in [6.45, 7) is 0.784. The first kappa shape index (κ1) is 13.3. The minimum absolute atomic E-state index is 0.0650. The second-order valence-electron chi connectivity index (χ2n) is 5.09. The molecule has 2 aromatic rings. The summed E-state index contributed by atoms with van der Waals surface area (Å²) in [6.07, 6.45) is 3.22. The molecule has 102 valence electrons. The van der Waals surface area contributed by atoms with Crippen LogP contribution in [0, 0.1) is 0 Å². The highest BCUT2D eigenvalue weighted by Crippen LogP contribution is 2.27. The normalized spacial score (nSPS) is 14.6. The lowest BCUT2D eigenvalue weighted by Crippen LogP contribution is -2.31. The second kappa shape index (κ2) is 5.71. The van der Waals surface area contributed by atoms with Gasteiger partial charge in [-0.3, -0.25) is 4.79 Å². The number of nitrogens with zero attached hydrogens (tertiary/aromatic N) is 1. The van der Waals surface area contributed by atoms with Crippen LogP contribution in [-0.2, 0) is 6.42 Å². The number of thiol groups is 1. The molecule has 0 aromatic heterocycles. The molecule has 2 aromatic carbocycles. The maximum Gasteiger partial charge on any atom is 0.258 e. The summed E-state index contributed by atoms with van der Waals surface area (Å²) < 4.78 is 0. The van der Waals surface area contributed by atoms with Crippen LogP contribution in [0.1, 0.15) is 28.8 Å². The Morgan fingerprint density at radius 1 is 1.05 bits per heavy atom. The molecule has 20 heavy (non-hydrogen) atoms. The largest absolute Gasteiger partial charge is 0.308 e. The van der Waals surface area contributed by atoms with E-state index in [1.807, 2.05) is 47.4 Å². The summed E-state index contributed by atoms with van der Waals surface area (Å²) in [5, 5.41) is 0. The average Bonchev–Trinajstić information content (AvgIpc) is 2.69. The van der Waals surface area contributed by atoms with E-state index in [2.05, 4.69) is 18.7 Å². The van der Waals surface area contributed by atoms with Crippen LogP contribution in [0.25, 0.3) is 0 Å². The highest BCUT2D eigenvalue weighted by molar-refractivity contribution is 7.80. The molecule has 1 aliphatic rings. The number of fused-ring (bicyclic) bond motifs is 1. The van der Waals surface area contributed by atoms with E-state index in [0.29, 0.717) is 5.56 Å². The van der Waals surface area contributed by atoms with Gasteiger partial charge in [0.2, 0.25) is 0 Å². The van der Waals surface area contributed by atoms with Crippen molar-refractivity contribution in [3.05, 3.63) is 59.7 Å². The van der Waals surface area contributed by atoms with Crippen molar-refractivity contribution in [3.63, 3.8) is 0 Å². The Balaban J connectivity index is 1.99. The van der Waals surface area contributed by atoms with Gasteiger partial charge in [-0.25, -0.2) is 0 Å². The van der Waals surface area contributed by atoms with Gasteiger partial charge < -0.3 is 4.90 Å². The first-order valence-electron chi connectivity index (χ1n) is 6.94. The molecule has 1 heterocycles. The molecule has 0 unspecified atom stereocenters. The standard InChI is InChI=1S/C17H17NOS/c19-17(14-8-5-9-15(20)12-14)18-11-4-3-7-13-6-1-2-10-16(13)18/h1-2,5-6,8-10,12,20H,3-4,7,11H2. The van der Waals surface area contributed by atoms with Crippen molar-refractivity contribution < 1.29 is 4.79 Å². The Hall–Kier alpha value is -1.74. The smallest absolute Gasteiger partial charge is 0.258 e. The zero-order valence-electron chi connectivity index (χ0n) is 11.2. The molecule has 3 heteroatoms. The molecule has 0 N–H and O–H groups in total. The van der Waals surface area contributed by atoms with Crippen LogP contribution in [-0.4, -0.2) is 12.5 Å². The Bertz CT molecular complexity index is 638. The van der Waals surface area contributed by atoms with Crippen molar-refractivity contribution in [3.8, 4) is 0 Å². The molecule has 2 nitrogen and oxygen atoms in total. The third-order valence-electron chi connectivity index (χ3n) is 3.70. The van der Waals surface area contributed by atoms with Gasteiger partial charge in [0, 0.05) is 22.7 Å². The Morgan fingerprint density at radius 3 is 2.75 bits per heavy atom. The lowest BCUT2D eigenvalue weighted by atomic mass is 10.1. The van der Waals surface area contributed by atoms with E-state index in [1.54, 1.807) is 0 Å². The highest BCUT2D eigenvalue weighted by atomic mass is 32.1. The van der Waals surface area contributed by atoms with E-state index in [0.717, 1.165) is 36.4 Å². The Morgan fingerprint density at radius 2 is 1.90 bits per heavy atom. The van der Waals surface area contributed by atoms with Crippen molar-refractivity contribution >= 4 is 24.2 Å². The molecule has 0 bridgehead atoms. The first-order chi connectivity index (χ1) is 9.75. The third kappa shape index (κ3) is 2.59. The summed E-state index contributed by atoms with van der Waals surface area (Å²) >= 11 is 4.32. The minimum atomic E-state index is 0.0650. The van der Waals surface area contributed by atoms with Crippen LogP contribution in [0.5, 0.6) is 0 Å². The summed E-state index contributed by atoms with van der Waals surface area (Å²) in [4.78, 5) is 15.5. The molecule has 0 saturated heterocycles. The molecule has 0 spiro atoms. The number of aryl methyl sites for hydroxylation is 1. The van der Waals surface area contributed by atoms with Crippen LogP contribution in [0.15, 0.2) is 53.4 Å². The molecule has 0 aliphatic carbocycles. The molecular weight excluding hydrogens is 266 g/mol. The molecular formula is C17H17NOS.